The van der Waals surface area contributed by atoms with Crippen LogP contribution in [0.25, 0.3) is 0 Å². The van der Waals surface area contributed by atoms with Crippen LogP contribution in [0.15, 0.2) is 0 Å². The Morgan fingerprint density at radius 2 is 1.48 bits per heavy atom. The van der Waals surface area contributed by atoms with E-state index in [1.807, 2.05) is 9.80 Å². The zero-order valence-corrected chi connectivity index (χ0v) is 12.5. The number of ether oxygens (including phenoxy) is 2. The molecule has 0 radical (unpaired) electrons. The molecule has 0 aliphatic carbocycles. The van der Waals surface area contributed by atoms with Gasteiger partial charge >= 0.3 is 0 Å². The maximum atomic E-state index is 12.4. The van der Waals surface area contributed by atoms with Gasteiger partial charge in [0.25, 0.3) is 5.91 Å². The molecule has 0 N–H and O–H groups in total. The lowest BCUT2D eigenvalue weighted by atomic mass is 9.94. The molecule has 0 aromatic carbocycles. The second-order valence-electron chi connectivity index (χ2n) is 6.04. The lowest BCUT2D eigenvalue weighted by molar-refractivity contribution is -0.147. The highest BCUT2D eigenvalue weighted by molar-refractivity contribution is 5.82. The fraction of sp³-hybridized carbons (Fsp3) is 0.867. The average molecular weight is 296 g/mol. The second-order valence-corrected chi connectivity index (χ2v) is 6.04. The molecule has 6 heteroatoms. The van der Waals surface area contributed by atoms with Crippen LogP contribution >= 0.6 is 0 Å². The SMILES string of the molecule is O=C(C1CCN(C(=O)C2CCCO2)CC1)N1CCOCC1. The third kappa shape index (κ3) is 3.37. The summed E-state index contributed by atoms with van der Waals surface area (Å²) in [4.78, 5) is 28.5. The molecule has 3 aliphatic rings. The van der Waals surface area contributed by atoms with Gasteiger partial charge in [-0.2, -0.15) is 0 Å². The molecule has 1 unspecified atom stereocenters. The van der Waals surface area contributed by atoms with Gasteiger partial charge in [0.15, 0.2) is 0 Å². The van der Waals surface area contributed by atoms with Crippen molar-refractivity contribution in [2.45, 2.75) is 31.8 Å². The quantitative estimate of drug-likeness (QED) is 0.733. The van der Waals surface area contributed by atoms with Crippen molar-refractivity contribution < 1.29 is 19.1 Å². The summed E-state index contributed by atoms with van der Waals surface area (Å²) in [5.41, 5.74) is 0. The molecule has 3 rings (SSSR count). The lowest BCUT2D eigenvalue weighted by Gasteiger charge is -2.36. The van der Waals surface area contributed by atoms with Crippen LogP contribution < -0.4 is 0 Å². The van der Waals surface area contributed by atoms with E-state index in [-0.39, 0.29) is 23.8 Å². The minimum atomic E-state index is -0.239. The van der Waals surface area contributed by atoms with Crippen molar-refractivity contribution in [3.8, 4) is 0 Å². The van der Waals surface area contributed by atoms with Crippen LogP contribution in [0, 0.1) is 5.92 Å². The van der Waals surface area contributed by atoms with Crippen LogP contribution in [0.1, 0.15) is 25.7 Å². The summed E-state index contributed by atoms with van der Waals surface area (Å²) in [6.45, 7) is 4.74. The van der Waals surface area contributed by atoms with Crippen LogP contribution in [0.5, 0.6) is 0 Å². The highest BCUT2D eigenvalue weighted by Crippen LogP contribution is 2.23. The Morgan fingerprint density at radius 3 is 2.10 bits per heavy atom. The van der Waals surface area contributed by atoms with Crippen LogP contribution in [0.2, 0.25) is 0 Å². The minimum absolute atomic E-state index is 0.0663. The Hall–Kier alpha value is -1.14. The molecular formula is C15H24N2O4. The number of nitrogens with zero attached hydrogens (tertiary/aromatic N) is 2. The number of hydrogen-bond acceptors (Lipinski definition) is 4. The van der Waals surface area contributed by atoms with Crippen molar-refractivity contribution in [2.24, 2.45) is 5.92 Å². The molecule has 0 spiro atoms. The van der Waals surface area contributed by atoms with Crippen molar-refractivity contribution in [1.82, 2.24) is 9.80 Å². The topological polar surface area (TPSA) is 59.1 Å². The van der Waals surface area contributed by atoms with Crippen LogP contribution in [0.3, 0.4) is 0 Å². The summed E-state index contributed by atoms with van der Waals surface area (Å²) in [6, 6.07) is 0. The predicted octanol–water partition coefficient (Wildman–Crippen LogP) is 0.263. The smallest absolute Gasteiger partial charge is 0.251 e. The fourth-order valence-corrected chi connectivity index (χ4v) is 3.36. The Bertz CT molecular complexity index is 381. The van der Waals surface area contributed by atoms with Gasteiger partial charge in [0.05, 0.1) is 13.2 Å². The predicted molar refractivity (Wildman–Crippen MR) is 75.7 cm³/mol. The average Bonchev–Trinajstić information content (AvgIpc) is 3.09. The maximum absolute atomic E-state index is 12.4. The molecule has 0 aromatic rings. The first-order valence-electron chi connectivity index (χ1n) is 8.02. The zero-order chi connectivity index (χ0) is 14.7. The molecule has 0 bridgehead atoms. The van der Waals surface area contributed by atoms with Crippen molar-refractivity contribution >= 4 is 11.8 Å². The van der Waals surface area contributed by atoms with Crippen molar-refractivity contribution in [3.05, 3.63) is 0 Å². The highest BCUT2D eigenvalue weighted by atomic mass is 16.5. The van der Waals surface area contributed by atoms with Crippen LogP contribution in [-0.4, -0.2) is 73.7 Å². The van der Waals surface area contributed by atoms with Gasteiger partial charge in [0, 0.05) is 38.7 Å². The first kappa shape index (κ1) is 14.8. The molecule has 118 valence electrons. The number of amides is 2. The molecule has 6 nitrogen and oxygen atoms in total. The minimum Gasteiger partial charge on any atom is -0.378 e. The molecular weight excluding hydrogens is 272 g/mol. The molecule has 21 heavy (non-hydrogen) atoms. The summed E-state index contributed by atoms with van der Waals surface area (Å²) in [6.07, 6.45) is 3.12. The highest BCUT2D eigenvalue weighted by Gasteiger charge is 2.34. The monoisotopic (exact) mass is 296 g/mol. The molecule has 3 saturated heterocycles. The van der Waals surface area contributed by atoms with Crippen LogP contribution in [0.4, 0.5) is 0 Å². The van der Waals surface area contributed by atoms with Crippen LogP contribution in [-0.2, 0) is 19.1 Å². The van der Waals surface area contributed by atoms with Crippen molar-refractivity contribution in [1.29, 1.82) is 0 Å². The molecule has 3 heterocycles. The summed E-state index contributed by atoms with van der Waals surface area (Å²) >= 11 is 0. The summed E-state index contributed by atoms with van der Waals surface area (Å²) in [5, 5.41) is 0. The molecule has 0 saturated carbocycles. The Balaban J connectivity index is 1.48. The standard InChI is InChI=1S/C15H24N2O4/c18-14(17-7-10-20-11-8-17)12-3-5-16(6-4-12)15(19)13-2-1-9-21-13/h12-13H,1-11H2. The molecule has 3 aliphatic heterocycles. The van der Waals surface area contributed by atoms with Gasteiger partial charge in [-0.15, -0.1) is 0 Å². The largest absolute Gasteiger partial charge is 0.378 e. The van der Waals surface area contributed by atoms with E-state index >= 15 is 0 Å². The van der Waals surface area contributed by atoms with Gasteiger partial charge in [-0.1, -0.05) is 0 Å². The van der Waals surface area contributed by atoms with E-state index in [1.165, 1.54) is 0 Å². The third-order valence-corrected chi connectivity index (χ3v) is 4.68. The van der Waals surface area contributed by atoms with Crippen molar-refractivity contribution in [2.75, 3.05) is 46.0 Å². The van der Waals surface area contributed by atoms with Crippen molar-refractivity contribution in [3.63, 3.8) is 0 Å². The van der Waals surface area contributed by atoms with E-state index in [0.717, 1.165) is 25.7 Å². The number of carbonyl (C=O) groups is 2. The normalized spacial score (nSPS) is 27.9. The van der Waals surface area contributed by atoms with E-state index in [4.69, 9.17) is 9.47 Å². The molecule has 2 amide bonds. The van der Waals surface area contributed by atoms with Gasteiger partial charge in [0.2, 0.25) is 5.91 Å². The van der Waals surface area contributed by atoms with Gasteiger partial charge in [-0.05, 0) is 25.7 Å². The van der Waals surface area contributed by atoms with E-state index in [9.17, 15) is 9.59 Å². The molecule has 0 aromatic heterocycles. The van der Waals surface area contributed by atoms with E-state index in [2.05, 4.69) is 0 Å². The van der Waals surface area contributed by atoms with Gasteiger partial charge in [-0.25, -0.2) is 0 Å². The number of piperidine rings is 1. The molecule has 3 fully saturated rings. The number of likely N-dealkylation sites (tertiary alicyclic amines) is 1. The van der Waals surface area contributed by atoms with E-state index in [1.54, 1.807) is 0 Å². The number of carbonyl (C=O) groups excluding carboxylic acids is 2. The van der Waals surface area contributed by atoms with E-state index in [0.29, 0.717) is 46.0 Å². The van der Waals surface area contributed by atoms with Gasteiger partial charge < -0.3 is 19.3 Å². The zero-order valence-electron chi connectivity index (χ0n) is 12.5. The van der Waals surface area contributed by atoms with Gasteiger partial charge in [-0.3, -0.25) is 9.59 Å². The first-order chi connectivity index (χ1) is 10.3. The van der Waals surface area contributed by atoms with E-state index < -0.39 is 0 Å². The van der Waals surface area contributed by atoms with Gasteiger partial charge in [0.1, 0.15) is 6.10 Å². The Labute approximate surface area is 125 Å². The Morgan fingerprint density at radius 1 is 0.810 bits per heavy atom. The second kappa shape index (κ2) is 6.75. The maximum Gasteiger partial charge on any atom is 0.251 e. The number of hydrogen-bond donors (Lipinski definition) is 0. The fourth-order valence-electron chi connectivity index (χ4n) is 3.36. The summed E-state index contributed by atoms with van der Waals surface area (Å²) < 4.78 is 10.7. The number of rotatable bonds is 2. The summed E-state index contributed by atoms with van der Waals surface area (Å²) in [5.74, 6) is 0.420. The first-order valence-corrected chi connectivity index (χ1v) is 8.02. The molecule has 1 atom stereocenters. The Kier molecular flexibility index (Phi) is 4.75. The number of morpholine rings is 1. The lowest BCUT2D eigenvalue weighted by Crippen LogP contribution is -2.49. The third-order valence-electron chi connectivity index (χ3n) is 4.68. The summed E-state index contributed by atoms with van der Waals surface area (Å²) in [7, 11) is 0.